The Balaban J connectivity index is 2.71. The van der Waals surface area contributed by atoms with Crippen molar-refractivity contribution < 1.29 is 4.74 Å². The first-order valence-electron chi connectivity index (χ1n) is 3.01. The van der Waals surface area contributed by atoms with E-state index in [1.807, 2.05) is 0 Å². The predicted molar refractivity (Wildman–Crippen MR) is 43.6 cm³/mol. The zero-order valence-electron chi connectivity index (χ0n) is 5.75. The number of halogens is 1. The summed E-state index contributed by atoms with van der Waals surface area (Å²) in [5.41, 5.74) is 0. The molecule has 0 fully saturated rings. The Hall–Kier alpha value is -1.20. The average Bonchev–Trinajstić information content (AvgIpc) is 2.03. The molecule has 0 amide bonds. The van der Waals surface area contributed by atoms with Gasteiger partial charge in [0.2, 0.25) is 0 Å². The number of hydrogen-bond donors (Lipinski definition) is 0. The highest BCUT2D eigenvalue weighted by molar-refractivity contribution is 6.30. The fourth-order valence-corrected chi connectivity index (χ4v) is 0.772. The van der Waals surface area contributed by atoms with Gasteiger partial charge in [0.25, 0.3) is 0 Å². The van der Waals surface area contributed by atoms with Crippen LogP contribution in [0.1, 0.15) is 0 Å². The van der Waals surface area contributed by atoms with Gasteiger partial charge in [-0.05, 0) is 12.1 Å². The van der Waals surface area contributed by atoms with Crippen LogP contribution in [0.15, 0.2) is 18.3 Å². The second-order valence-electron chi connectivity index (χ2n) is 1.79. The van der Waals surface area contributed by atoms with Crippen LogP contribution >= 0.6 is 11.6 Å². The number of nitrogens with zero attached hydrogens (tertiary/aromatic N) is 1. The van der Waals surface area contributed by atoms with E-state index in [1.54, 1.807) is 18.3 Å². The molecule has 56 valence electrons. The Morgan fingerprint density at radius 2 is 2.55 bits per heavy atom. The third-order valence-electron chi connectivity index (χ3n) is 1.04. The molecule has 0 N–H and O–H groups in total. The Morgan fingerprint density at radius 1 is 1.73 bits per heavy atom. The van der Waals surface area contributed by atoms with E-state index in [4.69, 9.17) is 22.8 Å². The number of ether oxygens (including phenoxy) is 1. The number of terminal acetylenes is 1. The molecular formula is C8H6ClNO. The van der Waals surface area contributed by atoms with Gasteiger partial charge in [-0.25, -0.2) is 4.98 Å². The maximum absolute atomic E-state index is 5.66. The molecule has 0 atom stereocenters. The second kappa shape index (κ2) is 3.85. The molecule has 0 bridgehead atoms. The largest absolute Gasteiger partial charge is 0.478 e. The monoisotopic (exact) mass is 167 g/mol. The van der Waals surface area contributed by atoms with Gasteiger partial charge in [-0.15, -0.1) is 6.42 Å². The van der Waals surface area contributed by atoms with E-state index in [0.29, 0.717) is 10.9 Å². The van der Waals surface area contributed by atoms with Gasteiger partial charge in [0.05, 0.1) is 0 Å². The molecule has 0 saturated carbocycles. The zero-order chi connectivity index (χ0) is 8.10. The molecule has 0 aliphatic heterocycles. The number of hydrogen-bond acceptors (Lipinski definition) is 2. The summed E-state index contributed by atoms with van der Waals surface area (Å²) in [5.74, 6) is 2.86. The van der Waals surface area contributed by atoms with E-state index < -0.39 is 0 Å². The first-order chi connectivity index (χ1) is 5.34. The van der Waals surface area contributed by atoms with Crippen molar-refractivity contribution in [3.05, 3.63) is 23.5 Å². The van der Waals surface area contributed by atoms with Crippen LogP contribution in [0.5, 0.6) is 5.75 Å². The quantitative estimate of drug-likeness (QED) is 0.495. The fourth-order valence-electron chi connectivity index (χ4n) is 0.598. The van der Waals surface area contributed by atoms with Gasteiger partial charge in [0, 0.05) is 6.20 Å². The molecule has 0 radical (unpaired) electrons. The SMILES string of the molecule is C#CCOc1cccnc1Cl. The van der Waals surface area contributed by atoms with Crippen molar-refractivity contribution in [2.24, 2.45) is 0 Å². The normalized spacial score (nSPS) is 8.73. The van der Waals surface area contributed by atoms with E-state index in [-0.39, 0.29) is 6.61 Å². The van der Waals surface area contributed by atoms with Gasteiger partial charge >= 0.3 is 0 Å². The molecule has 1 aromatic heterocycles. The summed E-state index contributed by atoms with van der Waals surface area (Å²) in [4.78, 5) is 3.80. The van der Waals surface area contributed by atoms with Gasteiger partial charge in [-0.2, -0.15) is 0 Å². The number of aromatic nitrogens is 1. The van der Waals surface area contributed by atoms with Gasteiger partial charge in [-0.3, -0.25) is 0 Å². The molecule has 2 nitrogen and oxygen atoms in total. The lowest BCUT2D eigenvalue weighted by molar-refractivity contribution is 0.369. The second-order valence-corrected chi connectivity index (χ2v) is 2.14. The van der Waals surface area contributed by atoms with E-state index in [2.05, 4.69) is 10.9 Å². The van der Waals surface area contributed by atoms with Crippen molar-refractivity contribution in [3.8, 4) is 18.1 Å². The van der Waals surface area contributed by atoms with E-state index >= 15 is 0 Å². The van der Waals surface area contributed by atoms with Gasteiger partial charge in [-0.1, -0.05) is 17.5 Å². The van der Waals surface area contributed by atoms with Crippen LogP contribution in [0.4, 0.5) is 0 Å². The van der Waals surface area contributed by atoms with E-state index in [9.17, 15) is 0 Å². The van der Waals surface area contributed by atoms with Crippen LogP contribution in [0.25, 0.3) is 0 Å². The molecule has 0 spiro atoms. The van der Waals surface area contributed by atoms with Gasteiger partial charge in [0.1, 0.15) is 6.61 Å². The van der Waals surface area contributed by atoms with E-state index in [1.165, 1.54) is 0 Å². The topological polar surface area (TPSA) is 22.1 Å². The van der Waals surface area contributed by atoms with Crippen LogP contribution in [0.3, 0.4) is 0 Å². The van der Waals surface area contributed by atoms with Crippen LogP contribution in [-0.4, -0.2) is 11.6 Å². The van der Waals surface area contributed by atoms with E-state index in [0.717, 1.165) is 0 Å². The Labute approximate surface area is 70.2 Å². The lowest BCUT2D eigenvalue weighted by atomic mass is 10.5. The van der Waals surface area contributed by atoms with Crippen LogP contribution in [-0.2, 0) is 0 Å². The minimum Gasteiger partial charge on any atom is -0.478 e. The summed E-state index contributed by atoms with van der Waals surface area (Å²) < 4.78 is 5.06. The molecule has 1 rings (SSSR count). The van der Waals surface area contributed by atoms with Crippen molar-refractivity contribution in [3.63, 3.8) is 0 Å². The maximum Gasteiger partial charge on any atom is 0.171 e. The Morgan fingerprint density at radius 3 is 3.18 bits per heavy atom. The van der Waals surface area contributed by atoms with Gasteiger partial charge in [0.15, 0.2) is 10.9 Å². The maximum atomic E-state index is 5.66. The highest BCUT2D eigenvalue weighted by Crippen LogP contribution is 2.19. The summed E-state index contributed by atoms with van der Waals surface area (Å²) in [6, 6.07) is 3.45. The van der Waals surface area contributed by atoms with Crippen molar-refractivity contribution in [1.82, 2.24) is 4.98 Å². The summed E-state index contributed by atoms with van der Waals surface area (Å²) in [5, 5.41) is 0.336. The molecule has 3 heteroatoms. The van der Waals surface area contributed by atoms with Crippen LogP contribution in [0, 0.1) is 12.3 Å². The Kier molecular flexibility index (Phi) is 2.76. The highest BCUT2D eigenvalue weighted by Gasteiger charge is 1.97. The highest BCUT2D eigenvalue weighted by atomic mass is 35.5. The summed E-state index contributed by atoms with van der Waals surface area (Å²) in [6.07, 6.45) is 6.58. The lowest BCUT2D eigenvalue weighted by Crippen LogP contribution is -1.94. The molecule has 11 heavy (non-hydrogen) atoms. The molecule has 0 saturated heterocycles. The first-order valence-corrected chi connectivity index (χ1v) is 3.39. The van der Waals surface area contributed by atoms with Crippen LogP contribution < -0.4 is 4.74 Å². The standard InChI is InChI=1S/C8H6ClNO/c1-2-6-11-7-4-3-5-10-8(7)9/h1,3-5H,6H2. The van der Waals surface area contributed by atoms with Crippen molar-refractivity contribution in [1.29, 1.82) is 0 Å². The minimum absolute atomic E-state index is 0.214. The number of pyridine rings is 1. The average molecular weight is 168 g/mol. The molecule has 0 aliphatic carbocycles. The zero-order valence-corrected chi connectivity index (χ0v) is 6.51. The third-order valence-corrected chi connectivity index (χ3v) is 1.32. The molecule has 1 aromatic rings. The number of rotatable bonds is 2. The molecule has 1 heterocycles. The smallest absolute Gasteiger partial charge is 0.171 e. The molecular weight excluding hydrogens is 162 g/mol. The predicted octanol–water partition coefficient (Wildman–Crippen LogP) is 1.75. The Bertz CT molecular complexity index is 280. The third kappa shape index (κ3) is 2.14. The van der Waals surface area contributed by atoms with Gasteiger partial charge < -0.3 is 4.74 Å². The van der Waals surface area contributed by atoms with Crippen molar-refractivity contribution in [2.45, 2.75) is 0 Å². The summed E-state index contributed by atoms with van der Waals surface area (Å²) in [6.45, 7) is 0.214. The summed E-state index contributed by atoms with van der Waals surface area (Å²) >= 11 is 5.66. The minimum atomic E-state index is 0.214. The molecule has 0 aliphatic rings. The first kappa shape index (κ1) is 7.90. The van der Waals surface area contributed by atoms with Crippen molar-refractivity contribution in [2.75, 3.05) is 6.61 Å². The fraction of sp³-hybridized carbons (Fsp3) is 0.125. The lowest BCUT2D eigenvalue weighted by Gasteiger charge is -2.01. The van der Waals surface area contributed by atoms with Crippen molar-refractivity contribution >= 4 is 11.6 Å². The van der Waals surface area contributed by atoms with Crippen LogP contribution in [0.2, 0.25) is 5.15 Å². The summed E-state index contributed by atoms with van der Waals surface area (Å²) in [7, 11) is 0. The molecule has 0 aromatic carbocycles. The molecule has 0 unspecified atom stereocenters.